The first-order valence-corrected chi connectivity index (χ1v) is 9.09. The molecule has 0 bridgehead atoms. The van der Waals surface area contributed by atoms with Gasteiger partial charge in [-0.1, -0.05) is 13.3 Å². The number of piperidine rings is 1. The van der Waals surface area contributed by atoms with Crippen molar-refractivity contribution < 1.29 is 19.1 Å². The lowest BCUT2D eigenvalue weighted by molar-refractivity contribution is -0.157. The molecule has 1 saturated carbocycles. The number of carbonyl (C=O) groups is 2. The predicted octanol–water partition coefficient (Wildman–Crippen LogP) is 3.90. The van der Waals surface area contributed by atoms with Gasteiger partial charge in [-0.05, 0) is 58.8 Å². The summed E-state index contributed by atoms with van der Waals surface area (Å²) in [6.07, 6.45) is 7.56. The molecule has 0 unspecified atom stereocenters. The summed E-state index contributed by atoms with van der Waals surface area (Å²) in [7, 11) is 0. The van der Waals surface area contributed by atoms with Gasteiger partial charge in [0.25, 0.3) is 0 Å². The average Bonchev–Trinajstić information content (AvgIpc) is 2.55. The maximum atomic E-state index is 12.3. The lowest BCUT2D eigenvalue weighted by atomic mass is 9.95. The molecule has 0 aromatic carbocycles. The van der Waals surface area contributed by atoms with Crippen LogP contribution in [0.4, 0.5) is 4.79 Å². The molecular formula is C18H31NO4. The van der Waals surface area contributed by atoms with Crippen LogP contribution in [0, 0.1) is 5.92 Å². The fourth-order valence-corrected chi connectivity index (χ4v) is 3.11. The molecule has 1 aliphatic carbocycles. The van der Waals surface area contributed by atoms with E-state index in [1.807, 2.05) is 20.8 Å². The van der Waals surface area contributed by atoms with Crippen LogP contribution in [0.25, 0.3) is 0 Å². The second kappa shape index (κ2) is 8.02. The predicted molar refractivity (Wildman–Crippen MR) is 88.1 cm³/mol. The molecule has 1 aliphatic heterocycles. The molecule has 0 aromatic rings. The molecule has 2 rings (SSSR count). The highest BCUT2D eigenvalue weighted by atomic mass is 16.6. The Labute approximate surface area is 139 Å². The monoisotopic (exact) mass is 325 g/mol. The smallest absolute Gasteiger partial charge is 0.410 e. The van der Waals surface area contributed by atoms with Crippen LogP contribution in [0.3, 0.4) is 0 Å². The highest BCUT2D eigenvalue weighted by Crippen LogP contribution is 2.25. The van der Waals surface area contributed by atoms with Gasteiger partial charge in [0.15, 0.2) is 0 Å². The van der Waals surface area contributed by atoms with E-state index in [9.17, 15) is 9.59 Å². The van der Waals surface area contributed by atoms with Crippen molar-refractivity contribution >= 4 is 12.1 Å². The van der Waals surface area contributed by atoms with E-state index in [1.165, 1.54) is 6.42 Å². The van der Waals surface area contributed by atoms with Crippen LogP contribution in [-0.2, 0) is 14.3 Å². The summed E-state index contributed by atoms with van der Waals surface area (Å²) < 4.78 is 11.2. The van der Waals surface area contributed by atoms with Gasteiger partial charge in [-0.3, -0.25) is 4.79 Å². The molecule has 0 radical (unpaired) electrons. The van der Waals surface area contributed by atoms with Gasteiger partial charge < -0.3 is 14.4 Å². The van der Waals surface area contributed by atoms with Gasteiger partial charge in [-0.2, -0.15) is 0 Å². The molecule has 1 heterocycles. The Morgan fingerprint density at radius 3 is 2.22 bits per heavy atom. The van der Waals surface area contributed by atoms with Crippen LogP contribution in [-0.4, -0.2) is 41.8 Å². The summed E-state index contributed by atoms with van der Waals surface area (Å²) in [5.41, 5.74) is -0.437. The first kappa shape index (κ1) is 18.1. The van der Waals surface area contributed by atoms with Crippen molar-refractivity contribution in [3.63, 3.8) is 0 Å². The Balaban J connectivity index is 1.74. The summed E-state index contributed by atoms with van der Waals surface area (Å²) in [6, 6.07) is 0. The van der Waals surface area contributed by atoms with Gasteiger partial charge in [-0.15, -0.1) is 0 Å². The highest BCUT2D eigenvalue weighted by molar-refractivity contribution is 5.74. The molecule has 5 nitrogen and oxygen atoms in total. The molecule has 132 valence electrons. The topological polar surface area (TPSA) is 55.8 Å². The van der Waals surface area contributed by atoms with Crippen molar-refractivity contribution in [2.75, 3.05) is 13.1 Å². The quantitative estimate of drug-likeness (QED) is 0.736. The lowest BCUT2D eigenvalue weighted by Gasteiger charge is -2.34. The molecule has 1 saturated heterocycles. The Morgan fingerprint density at radius 2 is 1.65 bits per heavy atom. The second-order valence-corrected chi connectivity index (χ2v) is 7.44. The fourth-order valence-electron chi connectivity index (χ4n) is 3.11. The number of rotatable bonds is 4. The summed E-state index contributed by atoms with van der Waals surface area (Å²) in [4.78, 5) is 26.1. The van der Waals surface area contributed by atoms with E-state index >= 15 is 0 Å². The zero-order valence-corrected chi connectivity index (χ0v) is 14.8. The Hall–Kier alpha value is -1.26. The van der Waals surface area contributed by atoms with Gasteiger partial charge in [0.05, 0.1) is 5.92 Å². The van der Waals surface area contributed by atoms with E-state index in [1.54, 1.807) is 4.90 Å². The minimum absolute atomic E-state index is 0.0693. The molecule has 1 amide bonds. The second-order valence-electron chi connectivity index (χ2n) is 7.44. The van der Waals surface area contributed by atoms with E-state index in [2.05, 4.69) is 0 Å². The molecule has 0 atom stereocenters. The Kier molecular flexibility index (Phi) is 6.31. The molecular weight excluding hydrogens is 294 g/mol. The van der Waals surface area contributed by atoms with Crippen molar-refractivity contribution in [3.05, 3.63) is 0 Å². The van der Waals surface area contributed by atoms with Crippen LogP contribution in [0.5, 0.6) is 0 Å². The number of ether oxygens (including phenoxy) is 2. The first-order chi connectivity index (χ1) is 10.9. The number of hydrogen-bond acceptors (Lipinski definition) is 4. The van der Waals surface area contributed by atoms with Crippen LogP contribution < -0.4 is 0 Å². The number of nitrogens with zero attached hydrogens (tertiary/aromatic N) is 1. The van der Waals surface area contributed by atoms with Gasteiger partial charge in [0.1, 0.15) is 11.7 Å². The number of carbonyl (C=O) groups excluding carboxylic acids is 2. The largest absolute Gasteiger partial charge is 0.462 e. The van der Waals surface area contributed by atoms with Gasteiger partial charge in [0, 0.05) is 13.1 Å². The van der Waals surface area contributed by atoms with Crippen LogP contribution >= 0.6 is 0 Å². The number of amides is 1. The first-order valence-electron chi connectivity index (χ1n) is 9.09. The summed E-state index contributed by atoms with van der Waals surface area (Å²) in [5, 5.41) is 0. The summed E-state index contributed by atoms with van der Waals surface area (Å²) in [6.45, 7) is 6.98. The average molecular weight is 325 g/mol. The normalized spacial score (nSPS) is 21.1. The van der Waals surface area contributed by atoms with Crippen molar-refractivity contribution in [3.8, 4) is 0 Å². The van der Waals surface area contributed by atoms with E-state index in [0.29, 0.717) is 25.9 Å². The Bertz CT molecular complexity index is 407. The highest BCUT2D eigenvalue weighted by Gasteiger charge is 2.32. The molecule has 23 heavy (non-hydrogen) atoms. The minimum Gasteiger partial charge on any atom is -0.462 e. The third-order valence-corrected chi connectivity index (χ3v) is 5.14. The van der Waals surface area contributed by atoms with Crippen LogP contribution in [0.1, 0.15) is 72.1 Å². The number of esters is 1. The summed E-state index contributed by atoms with van der Waals surface area (Å²) >= 11 is 0. The van der Waals surface area contributed by atoms with Crippen molar-refractivity contribution in [1.29, 1.82) is 0 Å². The van der Waals surface area contributed by atoms with Gasteiger partial charge >= 0.3 is 12.1 Å². The third kappa shape index (κ3) is 5.40. The Morgan fingerprint density at radius 1 is 1.04 bits per heavy atom. The van der Waals surface area contributed by atoms with E-state index in [-0.39, 0.29) is 24.1 Å². The zero-order chi connectivity index (χ0) is 16.9. The fraction of sp³-hybridized carbons (Fsp3) is 0.889. The van der Waals surface area contributed by atoms with E-state index in [4.69, 9.17) is 9.47 Å². The van der Waals surface area contributed by atoms with Crippen molar-refractivity contribution in [1.82, 2.24) is 4.90 Å². The molecule has 0 N–H and O–H groups in total. The zero-order valence-electron chi connectivity index (χ0n) is 14.8. The SMILES string of the molecule is CCC(C)(C)OC(=O)N1CCC(C(=O)OC2CCCCC2)CC1. The molecule has 0 aromatic heterocycles. The molecule has 5 heteroatoms. The molecule has 0 spiro atoms. The van der Waals surface area contributed by atoms with Crippen molar-refractivity contribution in [2.24, 2.45) is 5.92 Å². The van der Waals surface area contributed by atoms with Gasteiger partial charge in [-0.25, -0.2) is 4.79 Å². The standard InChI is InChI=1S/C18H31NO4/c1-4-18(2,3)23-17(21)19-12-10-14(11-13-19)16(20)22-15-8-6-5-7-9-15/h14-15H,4-13H2,1-3H3. The molecule has 2 aliphatic rings. The third-order valence-electron chi connectivity index (χ3n) is 5.14. The summed E-state index contributed by atoms with van der Waals surface area (Å²) in [5.74, 6) is -0.140. The van der Waals surface area contributed by atoms with Crippen molar-refractivity contribution in [2.45, 2.75) is 83.8 Å². The van der Waals surface area contributed by atoms with E-state index < -0.39 is 5.60 Å². The maximum absolute atomic E-state index is 12.3. The van der Waals surface area contributed by atoms with Gasteiger partial charge in [0.2, 0.25) is 0 Å². The minimum atomic E-state index is -0.437. The maximum Gasteiger partial charge on any atom is 0.410 e. The number of hydrogen-bond donors (Lipinski definition) is 0. The van der Waals surface area contributed by atoms with Crippen LogP contribution in [0.2, 0.25) is 0 Å². The van der Waals surface area contributed by atoms with E-state index in [0.717, 1.165) is 32.1 Å². The lowest BCUT2D eigenvalue weighted by Crippen LogP contribution is -2.44. The molecule has 2 fully saturated rings. The number of likely N-dealkylation sites (tertiary alicyclic amines) is 1. The van der Waals surface area contributed by atoms with Crippen LogP contribution in [0.15, 0.2) is 0 Å².